The van der Waals surface area contributed by atoms with Gasteiger partial charge in [-0.25, -0.2) is 14.6 Å². The van der Waals surface area contributed by atoms with Crippen LogP contribution < -0.4 is 5.63 Å². The molecule has 12 heavy (non-hydrogen) atoms. The topological polar surface area (TPSA) is 69.4 Å². The number of ether oxygens (including phenoxy) is 1. The summed E-state index contributed by atoms with van der Waals surface area (Å²) in [5.41, 5.74) is -0.618. The predicted molar refractivity (Wildman–Crippen MR) is 38.7 cm³/mol. The maximum Gasteiger partial charge on any atom is 0.394 e. The maximum atomic E-state index is 10.9. The van der Waals surface area contributed by atoms with Crippen molar-refractivity contribution in [3.05, 3.63) is 28.6 Å². The van der Waals surface area contributed by atoms with Gasteiger partial charge in [0.15, 0.2) is 0 Å². The summed E-state index contributed by atoms with van der Waals surface area (Å²) in [5, 5.41) is 0. The van der Waals surface area contributed by atoms with Gasteiger partial charge in [0.1, 0.15) is 0 Å². The van der Waals surface area contributed by atoms with E-state index in [4.69, 9.17) is 0 Å². The lowest BCUT2D eigenvalue weighted by Gasteiger charge is -1.96. The van der Waals surface area contributed by atoms with Crippen LogP contribution >= 0.6 is 0 Å². The molecule has 0 unspecified atom stereocenters. The molecule has 1 rings (SSSR count). The van der Waals surface area contributed by atoms with Crippen LogP contribution in [-0.2, 0) is 4.74 Å². The van der Waals surface area contributed by atoms with E-state index in [1.54, 1.807) is 6.92 Å². The molecular formula is C7H7NO4. The second-order valence-corrected chi connectivity index (χ2v) is 1.89. The molecule has 0 saturated carbocycles. The Morgan fingerprint density at radius 1 is 1.75 bits per heavy atom. The summed E-state index contributed by atoms with van der Waals surface area (Å²) in [5.74, 6) is -1.04. The van der Waals surface area contributed by atoms with E-state index < -0.39 is 11.6 Å². The molecule has 1 heterocycles. The third-order valence-electron chi connectivity index (χ3n) is 1.05. The van der Waals surface area contributed by atoms with Crippen LogP contribution in [-0.4, -0.2) is 17.6 Å². The smallest absolute Gasteiger partial charge is 0.394 e. The molecule has 0 spiro atoms. The van der Waals surface area contributed by atoms with E-state index in [9.17, 15) is 9.59 Å². The Kier molecular flexibility index (Phi) is 2.57. The lowest BCUT2D eigenvalue weighted by atomic mass is 10.6. The molecule has 64 valence electrons. The van der Waals surface area contributed by atoms with Crippen molar-refractivity contribution in [3.63, 3.8) is 0 Å². The van der Waals surface area contributed by atoms with Crippen molar-refractivity contribution in [2.24, 2.45) is 0 Å². The highest BCUT2D eigenvalue weighted by molar-refractivity contribution is 5.83. The quantitative estimate of drug-likeness (QED) is 0.592. The normalized spacial score (nSPS) is 9.42. The van der Waals surface area contributed by atoms with Gasteiger partial charge in [0.05, 0.1) is 6.61 Å². The molecule has 0 bridgehead atoms. The molecule has 0 aliphatic rings. The molecule has 0 aromatic carbocycles. The van der Waals surface area contributed by atoms with E-state index in [1.807, 2.05) is 0 Å². The van der Waals surface area contributed by atoms with Crippen LogP contribution in [0, 0.1) is 0 Å². The van der Waals surface area contributed by atoms with Gasteiger partial charge in [-0.3, -0.25) is 0 Å². The highest BCUT2D eigenvalue weighted by atomic mass is 16.5. The van der Waals surface area contributed by atoms with Gasteiger partial charge in [-0.1, -0.05) is 0 Å². The largest absolute Gasteiger partial charge is 0.459 e. The zero-order chi connectivity index (χ0) is 8.97. The number of hydrogen-bond acceptors (Lipinski definition) is 5. The van der Waals surface area contributed by atoms with Crippen LogP contribution in [0.3, 0.4) is 0 Å². The summed E-state index contributed by atoms with van der Waals surface area (Å²) in [4.78, 5) is 25.0. The summed E-state index contributed by atoms with van der Waals surface area (Å²) in [6.07, 6.45) is 1.19. The van der Waals surface area contributed by atoms with Crippen molar-refractivity contribution in [3.8, 4) is 0 Å². The number of hydrogen-bond donors (Lipinski definition) is 0. The molecule has 0 atom stereocenters. The molecule has 0 aliphatic heterocycles. The van der Waals surface area contributed by atoms with Crippen molar-refractivity contribution < 1.29 is 13.9 Å². The Hall–Kier alpha value is -1.65. The minimum absolute atomic E-state index is 0.221. The molecule has 5 nitrogen and oxygen atoms in total. The summed E-state index contributed by atoms with van der Waals surface area (Å²) in [7, 11) is 0. The zero-order valence-electron chi connectivity index (χ0n) is 6.44. The van der Waals surface area contributed by atoms with Crippen LogP contribution in [0.15, 0.2) is 21.5 Å². The van der Waals surface area contributed by atoms with Gasteiger partial charge in [0.25, 0.3) is 0 Å². The summed E-state index contributed by atoms with van der Waals surface area (Å²) >= 11 is 0. The molecule has 0 amide bonds. The van der Waals surface area contributed by atoms with Gasteiger partial charge >= 0.3 is 17.5 Å². The second-order valence-electron chi connectivity index (χ2n) is 1.89. The van der Waals surface area contributed by atoms with E-state index in [0.29, 0.717) is 0 Å². The Labute approximate surface area is 68.0 Å². The lowest BCUT2D eigenvalue weighted by Crippen LogP contribution is -2.10. The molecule has 0 fully saturated rings. The monoisotopic (exact) mass is 169 g/mol. The first-order valence-electron chi connectivity index (χ1n) is 3.37. The van der Waals surface area contributed by atoms with Gasteiger partial charge in [0.2, 0.25) is 0 Å². The van der Waals surface area contributed by atoms with Crippen LogP contribution in [0.4, 0.5) is 0 Å². The van der Waals surface area contributed by atoms with Crippen molar-refractivity contribution in [2.75, 3.05) is 6.61 Å². The molecule has 0 N–H and O–H groups in total. The van der Waals surface area contributed by atoms with Gasteiger partial charge in [-0.2, -0.15) is 0 Å². The van der Waals surface area contributed by atoms with Crippen molar-refractivity contribution in [1.29, 1.82) is 0 Å². The zero-order valence-corrected chi connectivity index (χ0v) is 6.44. The first kappa shape index (κ1) is 8.45. The fraction of sp³-hybridized carbons (Fsp3) is 0.286. The third kappa shape index (κ3) is 1.91. The van der Waals surface area contributed by atoms with Gasteiger partial charge in [-0.15, -0.1) is 0 Å². The minimum atomic E-state index is -0.727. The van der Waals surface area contributed by atoms with E-state index >= 15 is 0 Å². The predicted octanol–water partition coefficient (Wildman–Crippen LogP) is 0.212. The van der Waals surface area contributed by atoms with Crippen LogP contribution in [0.5, 0.6) is 0 Å². The van der Waals surface area contributed by atoms with Crippen molar-refractivity contribution in [2.45, 2.75) is 6.92 Å². The van der Waals surface area contributed by atoms with Crippen LogP contribution in [0.25, 0.3) is 0 Å². The number of nitrogens with zero attached hydrogens (tertiary/aromatic N) is 1. The first-order chi connectivity index (χ1) is 5.74. The molecular weight excluding hydrogens is 162 g/mol. The minimum Gasteiger partial charge on any atom is -0.459 e. The lowest BCUT2D eigenvalue weighted by molar-refractivity contribution is 0.0473. The number of esters is 1. The van der Waals surface area contributed by atoms with Gasteiger partial charge in [0, 0.05) is 12.3 Å². The fourth-order valence-electron chi connectivity index (χ4n) is 0.609. The number of aromatic nitrogens is 1. The molecule has 5 heteroatoms. The van der Waals surface area contributed by atoms with Crippen LogP contribution in [0.2, 0.25) is 0 Å². The molecule has 0 saturated heterocycles. The SMILES string of the molecule is CCOC(=O)c1nccc(=O)o1. The Bertz CT molecular complexity index is 330. The summed E-state index contributed by atoms with van der Waals surface area (Å²) in [6, 6.07) is 1.11. The first-order valence-corrected chi connectivity index (χ1v) is 3.37. The second kappa shape index (κ2) is 3.66. The molecule has 0 aliphatic carbocycles. The Balaban J connectivity index is 2.88. The Morgan fingerprint density at radius 3 is 3.08 bits per heavy atom. The summed E-state index contributed by atoms with van der Waals surface area (Å²) in [6.45, 7) is 1.87. The highest BCUT2D eigenvalue weighted by Crippen LogP contribution is 1.92. The number of carbonyl (C=O) groups excluding carboxylic acids is 1. The van der Waals surface area contributed by atoms with E-state index in [0.717, 1.165) is 6.07 Å². The van der Waals surface area contributed by atoms with Gasteiger partial charge < -0.3 is 9.15 Å². The maximum absolute atomic E-state index is 10.9. The Morgan fingerprint density at radius 2 is 2.50 bits per heavy atom. The number of rotatable bonds is 2. The summed E-state index contributed by atoms with van der Waals surface area (Å²) < 4.78 is 9.00. The van der Waals surface area contributed by atoms with Crippen LogP contribution in [0.1, 0.15) is 17.6 Å². The average Bonchev–Trinajstić information content (AvgIpc) is 2.05. The molecule has 1 aromatic rings. The van der Waals surface area contributed by atoms with E-state index in [-0.39, 0.29) is 12.5 Å². The molecule has 0 radical (unpaired) electrons. The van der Waals surface area contributed by atoms with Gasteiger partial charge in [-0.05, 0) is 6.92 Å². The third-order valence-corrected chi connectivity index (χ3v) is 1.05. The van der Waals surface area contributed by atoms with Crippen molar-refractivity contribution >= 4 is 5.97 Å². The van der Waals surface area contributed by atoms with E-state index in [2.05, 4.69) is 14.1 Å². The standard InChI is InChI=1S/C7H7NO4/c1-2-11-7(10)6-8-4-3-5(9)12-6/h3-4H,2H2,1H3. The van der Waals surface area contributed by atoms with Crippen molar-refractivity contribution in [1.82, 2.24) is 4.98 Å². The highest BCUT2D eigenvalue weighted by Gasteiger charge is 2.10. The number of carbonyl (C=O) groups is 1. The average molecular weight is 169 g/mol. The fourth-order valence-corrected chi connectivity index (χ4v) is 0.609. The molecule has 1 aromatic heterocycles. The van der Waals surface area contributed by atoms with E-state index in [1.165, 1.54) is 6.20 Å².